The summed E-state index contributed by atoms with van der Waals surface area (Å²) in [5, 5.41) is 14.6. The molecule has 1 atom stereocenters. The van der Waals surface area contributed by atoms with Crippen molar-refractivity contribution in [3.8, 4) is 33.9 Å². The smallest absolute Gasteiger partial charge is 0.138 e. The fourth-order valence-electron chi connectivity index (χ4n) is 12.2. The van der Waals surface area contributed by atoms with E-state index in [9.17, 15) is 0 Å². The van der Waals surface area contributed by atoms with Crippen LogP contribution in [0.2, 0.25) is 0 Å². The molecule has 0 aliphatic carbocycles. The van der Waals surface area contributed by atoms with Crippen molar-refractivity contribution in [2.45, 2.75) is 6.17 Å². The maximum absolute atomic E-state index is 5.36. The second-order valence-corrected chi connectivity index (χ2v) is 20.9. The molecule has 1 unspecified atom stereocenters. The summed E-state index contributed by atoms with van der Waals surface area (Å²) in [5.74, 6) is 0.816. The number of para-hydroxylation sites is 6. The van der Waals surface area contributed by atoms with Gasteiger partial charge in [0.2, 0.25) is 0 Å². The standard InChI is InChI=1S/C74H49N8/c1-3-17-53-47-75-71(45-51(53)15-1)79(57-37-41-59(42-38-57)81-67-25-11-5-19-61(67)62-20-6-12-26-68(62)81)55-33-29-49(30-34-55)73-74(78-66-24-10-9-23-65(66)77-73)50-31-35-56(36-32-50)80(72-46-52-16-2-4-18-54(52)48-76-72)58-39-43-60(44-40-58)82-69-27-13-7-21-63(69)64-22-8-14-28-70(64)82/h1-48,71H/q-1. The average molecular weight is 1050 g/mol. The summed E-state index contributed by atoms with van der Waals surface area (Å²) >= 11 is 0. The van der Waals surface area contributed by atoms with E-state index in [1.54, 1.807) is 0 Å². The Kier molecular flexibility index (Phi) is 11.1. The van der Waals surface area contributed by atoms with Crippen LogP contribution in [0.15, 0.2) is 279 Å². The zero-order valence-electron chi connectivity index (χ0n) is 44.4. The minimum atomic E-state index is -0.295. The van der Waals surface area contributed by atoms with Crippen molar-refractivity contribution in [3.05, 3.63) is 295 Å². The van der Waals surface area contributed by atoms with Gasteiger partial charge in [-0.25, -0.2) is 15.0 Å². The van der Waals surface area contributed by atoms with Crippen molar-refractivity contribution in [3.63, 3.8) is 0 Å². The van der Waals surface area contributed by atoms with Gasteiger partial charge in [0.05, 0.1) is 44.5 Å². The fraction of sp³-hybridized carbons (Fsp3) is 0.0135. The lowest BCUT2D eigenvalue weighted by Gasteiger charge is -2.42. The molecule has 0 amide bonds. The number of benzene rings is 11. The van der Waals surface area contributed by atoms with Gasteiger partial charge in [-0.1, -0.05) is 164 Å². The van der Waals surface area contributed by atoms with Crippen LogP contribution in [0.25, 0.3) is 117 Å². The number of fused-ring (bicyclic) bond motifs is 9. The number of rotatable bonds is 10. The van der Waals surface area contributed by atoms with Crippen LogP contribution in [0.4, 0.5) is 28.6 Å². The summed E-state index contributed by atoms with van der Waals surface area (Å²) in [6, 6.07) is 96.7. The quantitative estimate of drug-likeness (QED) is 0.136. The van der Waals surface area contributed by atoms with E-state index in [1.807, 2.05) is 36.7 Å². The summed E-state index contributed by atoms with van der Waals surface area (Å²) < 4.78 is 4.71. The molecule has 1 aliphatic heterocycles. The minimum Gasteiger partial charge on any atom is -0.667 e. The fourth-order valence-corrected chi connectivity index (χ4v) is 12.2. The van der Waals surface area contributed by atoms with Crippen molar-refractivity contribution in [2.24, 2.45) is 0 Å². The number of hydrogen-bond acceptors (Lipinski definition) is 5. The molecule has 15 aromatic rings. The third-order valence-electron chi connectivity index (χ3n) is 16.1. The largest absolute Gasteiger partial charge is 0.667 e. The van der Waals surface area contributed by atoms with Gasteiger partial charge in [0.1, 0.15) is 5.82 Å². The Morgan fingerprint density at radius 3 is 1.28 bits per heavy atom. The summed E-state index contributed by atoms with van der Waals surface area (Å²) in [6.45, 7) is 0. The summed E-state index contributed by atoms with van der Waals surface area (Å²) in [6.07, 6.45) is 5.91. The van der Waals surface area contributed by atoms with Gasteiger partial charge in [0.25, 0.3) is 0 Å². The van der Waals surface area contributed by atoms with E-state index in [-0.39, 0.29) is 6.17 Å². The van der Waals surface area contributed by atoms with E-state index in [1.165, 1.54) is 43.6 Å². The predicted molar refractivity (Wildman–Crippen MR) is 339 cm³/mol. The topological polar surface area (TPSA) is 69.1 Å². The Labute approximate surface area is 472 Å². The highest BCUT2D eigenvalue weighted by Crippen LogP contribution is 2.41. The molecule has 16 rings (SSSR count). The van der Waals surface area contributed by atoms with Crippen LogP contribution >= 0.6 is 0 Å². The first kappa shape index (κ1) is 47.0. The molecule has 0 spiro atoms. The highest BCUT2D eigenvalue weighted by Gasteiger charge is 2.21. The molecular formula is C74H49N8-. The molecule has 5 heterocycles. The summed E-state index contributed by atoms with van der Waals surface area (Å²) in [7, 11) is 0. The Morgan fingerprint density at radius 1 is 0.366 bits per heavy atom. The molecule has 1 aliphatic rings. The molecule has 82 heavy (non-hydrogen) atoms. The molecule has 386 valence electrons. The predicted octanol–water partition coefficient (Wildman–Crippen LogP) is 17.2. The Hall–Kier alpha value is -11.1. The van der Waals surface area contributed by atoms with E-state index in [0.29, 0.717) is 0 Å². The van der Waals surface area contributed by atoms with Crippen LogP contribution in [-0.4, -0.2) is 30.3 Å². The van der Waals surface area contributed by atoms with Gasteiger partial charge in [-0.15, -0.1) is 0 Å². The summed E-state index contributed by atoms with van der Waals surface area (Å²) in [4.78, 5) is 20.3. The lowest BCUT2D eigenvalue weighted by molar-refractivity contribution is 0.952. The number of hydrogen-bond donors (Lipinski definition) is 0. The molecule has 0 saturated heterocycles. The van der Waals surface area contributed by atoms with Crippen molar-refractivity contribution in [1.29, 1.82) is 0 Å². The van der Waals surface area contributed by atoms with E-state index in [2.05, 4.69) is 274 Å². The van der Waals surface area contributed by atoms with Gasteiger partial charge in [-0.05, 0) is 137 Å². The molecule has 0 radical (unpaired) electrons. The number of aromatic nitrogens is 5. The average Bonchev–Trinajstić information content (AvgIpc) is 4.20. The zero-order chi connectivity index (χ0) is 54.1. The highest BCUT2D eigenvalue weighted by atomic mass is 15.3. The second-order valence-electron chi connectivity index (χ2n) is 20.9. The molecule has 0 N–H and O–H groups in total. The Balaban J connectivity index is 0.772. The van der Waals surface area contributed by atoms with E-state index in [0.717, 1.165) is 94.7 Å². The number of nitrogens with zero attached hydrogens (tertiary/aromatic N) is 8. The van der Waals surface area contributed by atoms with E-state index in [4.69, 9.17) is 20.3 Å². The van der Waals surface area contributed by atoms with Crippen molar-refractivity contribution >= 4 is 106 Å². The van der Waals surface area contributed by atoms with Crippen LogP contribution in [-0.2, 0) is 0 Å². The first-order valence-electron chi connectivity index (χ1n) is 27.7. The molecule has 8 nitrogen and oxygen atoms in total. The minimum absolute atomic E-state index is 0.295. The van der Waals surface area contributed by atoms with Gasteiger partial charge in [-0.3, -0.25) is 4.90 Å². The van der Waals surface area contributed by atoms with Gasteiger partial charge in [0.15, 0.2) is 0 Å². The zero-order valence-corrected chi connectivity index (χ0v) is 44.4. The lowest BCUT2D eigenvalue weighted by atomic mass is 10.0. The van der Waals surface area contributed by atoms with Crippen LogP contribution in [0.3, 0.4) is 0 Å². The van der Waals surface area contributed by atoms with Crippen LogP contribution in [0.5, 0.6) is 0 Å². The first-order valence-corrected chi connectivity index (χ1v) is 27.7. The summed E-state index contributed by atoms with van der Waals surface area (Å²) in [5.41, 5.74) is 16.0. The third kappa shape index (κ3) is 7.95. The molecule has 0 fully saturated rings. The van der Waals surface area contributed by atoms with Crippen molar-refractivity contribution in [1.82, 2.24) is 24.1 Å². The van der Waals surface area contributed by atoms with Crippen molar-refractivity contribution in [2.75, 3.05) is 9.80 Å². The van der Waals surface area contributed by atoms with Crippen molar-refractivity contribution < 1.29 is 0 Å². The molecule has 0 saturated carbocycles. The van der Waals surface area contributed by atoms with Gasteiger partial charge in [-0.2, -0.15) is 6.20 Å². The van der Waals surface area contributed by atoms with Crippen LogP contribution in [0.1, 0.15) is 0 Å². The number of pyridine rings is 1. The van der Waals surface area contributed by atoms with E-state index < -0.39 is 0 Å². The molecule has 8 heteroatoms. The molecule has 11 aromatic carbocycles. The third-order valence-corrected chi connectivity index (χ3v) is 16.1. The monoisotopic (exact) mass is 1050 g/mol. The molecular weight excluding hydrogens is 1000 g/mol. The van der Waals surface area contributed by atoms with Crippen LogP contribution < -0.4 is 20.2 Å². The Bertz CT molecular complexity index is 4980. The molecule has 4 aromatic heterocycles. The molecule has 0 bridgehead atoms. The highest BCUT2D eigenvalue weighted by molar-refractivity contribution is 6.10. The Morgan fingerprint density at radius 2 is 0.768 bits per heavy atom. The normalized spacial score (nSPS) is 13.0. The second kappa shape index (κ2) is 19.4. The first-order chi connectivity index (χ1) is 40.6. The van der Waals surface area contributed by atoms with Gasteiger partial charge in [0, 0.05) is 78.4 Å². The van der Waals surface area contributed by atoms with Gasteiger partial charge >= 0.3 is 0 Å². The maximum Gasteiger partial charge on any atom is 0.138 e. The number of anilines is 5. The van der Waals surface area contributed by atoms with E-state index >= 15 is 0 Å². The van der Waals surface area contributed by atoms with Crippen LogP contribution in [0, 0.1) is 0 Å². The maximum atomic E-state index is 5.36. The lowest BCUT2D eigenvalue weighted by Crippen LogP contribution is -2.36. The van der Waals surface area contributed by atoms with Gasteiger partial charge < -0.3 is 19.4 Å². The SMILES string of the molecule is C1=c2ccccc2=CC(N(c2ccc(-c3nc4ccccc4nc3-c3ccc(N(c4ccc(-n5c6ccccc6c6ccccc65)cc4)c4cc5ccccc5cn4)cc3)cc2)c2ccc(-n3c4ccccc4c4ccccc43)cc2)[N-]1.